The highest BCUT2D eigenvalue weighted by Crippen LogP contribution is 2.34. The maximum absolute atomic E-state index is 5.89. The van der Waals surface area contributed by atoms with Gasteiger partial charge in [0, 0.05) is 29.6 Å². The number of para-hydroxylation sites is 1. The molecule has 0 amide bonds. The summed E-state index contributed by atoms with van der Waals surface area (Å²) in [6, 6.07) is 10.7. The van der Waals surface area contributed by atoms with Crippen LogP contribution in [0.4, 0.5) is 0 Å². The van der Waals surface area contributed by atoms with E-state index in [0.717, 1.165) is 30.3 Å². The first-order valence-electron chi connectivity index (χ1n) is 9.06. The molecule has 0 spiro atoms. The van der Waals surface area contributed by atoms with E-state index in [1.807, 2.05) is 13.1 Å². The summed E-state index contributed by atoms with van der Waals surface area (Å²) in [5.74, 6) is 0. The molecule has 4 nitrogen and oxygen atoms in total. The van der Waals surface area contributed by atoms with E-state index in [0.29, 0.717) is 6.61 Å². The SMILES string of the molecule is CCOC(C)n1c(-c2ncc(CN(CC)CC)s2)cc2ccccc21. The summed E-state index contributed by atoms with van der Waals surface area (Å²) in [4.78, 5) is 8.44. The first kappa shape index (κ1) is 18.1. The van der Waals surface area contributed by atoms with Crippen LogP contribution in [0.1, 0.15) is 38.8 Å². The largest absolute Gasteiger partial charge is 0.359 e. The zero-order valence-corrected chi connectivity index (χ0v) is 16.3. The van der Waals surface area contributed by atoms with Gasteiger partial charge < -0.3 is 9.30 Å². The Balaban J connectivity index is 2.00. The Kier molecular flexibility index (Phi) is 5.89. The van der Waals surface area contributed by atoms with E-state index in [1.165, 1.54) is 15.8 Å². The predicted octanol–water partition coefficient (Wildman–Crippen LogP) is 5.16. The van der Waals surface area contributed by atoms with E-state index in [2.05, 4.69) is 60.6 Å². The molecule has 2 aromatic heterocycles. The number of rotatable bonds is 8. The van der Waals surface area contributed by atoms with E-state index in [-0.39, 0.29) is 6.23 Å². The van der Waals surface area contributed by atoms with E-state index in [1.54, 1.807) is 11.3 Å². The fourth-order valence-electron chi connectivity index (χ4n) is 3.21. The lowest BCUT2D eigenvalue weighted by Crippen LogP contribution is -2.21. The molecule has 0 fully saturated rings. The molecule has 3 aromatic rings. The summed E-state index contributed by atoms with van der Waals surface area (Å²) in [7, 11) is 0. The van der Waals surface area contributed by atoms with Crippen molar-refractivity contribution >= 4 is 22.2 Å². The van der Waals surface area contributed by atoms with Crippen LogP contribution in [0.2, 0.25) is 0 Å². The van der Waals surface area contributed by atoms with E-state index < -0.39 is 0 Å². The first-order chi connectivity index (χ1) is 12.2. The van der Waals surface area contributed by atoms with Crippen LogP contribution < -0.4 is 0 Å². The number of benzene rings is 1. The molecule has 3 rings (SSSR count). The van der Waals surface area contributed by atoms with Gasteiger partial charge in [0.1, 0.15) is 11.2 Å². The van der Waals surface area contributed by atoms with Crippen LogP contribution in [0.25, 0.3) is 21.6 Å². The van der Waals surface area contributed by atoms with Crippen LogP contribution in [0.3, 0.4) is 0 Å². The average molecular weight is 358 g/mol. The molecular formula is C20H27N3OS. The number of fused-ring (bicyclic) bond motifs is 1. The lowest BCUT2D eigenvalue weighted by Gasteiger charge is -2.18. The van der Waals surface area contributed by atoms with Gasteiger partial charge in [-0.25, -0.2) is 4.98 Å². The standard InChI is InChI=1S/C20H27N3OS/c1-5-22(6-2)14-17-13-21-20(25-17)19-12-16-10-8-9-11-18(16)23(19)15(4)24-7-3/h8-13,15H,5-7,14H2,1-4H3. The van der Waals surface area contributed by atoms with E-state index in [4.69, 9.17) is 9.72 Å². The minimum Gasteiger partial charge on any atom is -0.359 e. The Morgan fingerprint density at radius 1 is 1.20 bits per heavy atom. The van der Waals surface area contributed by atoms with Crippen molar-refractivity contribution in [2.45, 2.75) is 40.5 Å². The normalized spacial score (nSPS) is 13.0. The second kappa shape index (κ2) is 8.13. The highest BCUT2D eigenvalue weighted by Gasteiger charge is 2.18. The third kappa shape index (κ3) is 3.78. The molecular weight excluding hydrogens is 330 g/mol. The number of aromatic nitrogens is 2. The Hall–Kier alpha value is -1.69. The molecule has 2 heterocycles. The van der Waals surface area contributed by atoms with Gasteiger partial charge in [0.05, 0.1) is 11.2 Å². The smallest absolute Gasteiger partial charge is 0.140 e. The number of thiazole rings is 1. The third-order valence-electron chi connectivity index (χ3n) is 4.57. The van der Waals surface area contributed by atoms with Crippen molar-refractivity contribution in [1.82, 2.24) is 14.5 Å². The second-order valence-electron chi connectivity index (χ2n) is 6.11. The molecule has 1 unspecified atom stereocenters. The summed E-state index contributed by atoms with van der Waals surface area (Å²) < 4.78 is 8.16. The molecule has 0 saturated carbocycles. The van der Waals surface area contributed by atoms with Crippen molar-refractivity contribution in [3.8, 4) is 10.7 Å². The molecule has 0 bridgehead atoms. The van der Waals surface area contributed by atoms with Crippen LogP contribution in [0, 0.1) is 0 Å². The molecule has 0 radical (unpaired) electrons. The molecule has 0 aliphatic rings. The van der Waals surface area contributed by atoms with Crippen molar-refractivity contribution in [3.05, 3.63) is 41.4 Å². The summed E-state index contributed by atoms with van der Waals surface area (Å²) in [5.41, 5.74) is 2.33. The molecule has 0 aliphatic heterocycles. The van der Waals surface area contributed by atoms with E-state index >= 15 is 0 Å². The number of ether oxygens (including phenoxy) is 1. The van der Waals surface area contributed by atoms with E-state index in [9.17, 15) is 0 Å². The Morgan fingerprint density at radius 2 is 1.96 bits per heavy atom. The van der Waals surface area contributed by atoms with Crippen molar-refractivity contribution in [2.24, 2.45) is 0 Å². The van der Waals surface area contributed by atoms with Crippen LogP contribution in [-0.2, 0) is 11.3 Å². The van der Waals surface area contributed by atoms with Gasteiger partial charge in [-0.05, 0) is 39.1 Å². The molecule has 1 atom stereocenters. The monoisotopic (exact) mass is 357 g/mol. The number of hydrogen-bond donors (Lipinski definition) is 0. The van der Waals surface area contributed by atoms with Crippen molar-refractivity contribution in [3.63, 3.8) is 0 Å². The minimum atomic E-state index is -0.0185. The Bertz CT molecular complexity index is 819. The highest BCUT2D eigenvalue weighted by molar-refractivity contribution is 7.15. The first-order valence-corrected chi connectivity index (χ1v) is 9.88. The maximum Gasteiger partial charge on any atom is 0.140 e. The molecule has 0 N–H and O–H groups in total. The average Bonchev–Trinajstić information content (AvgIpc) is 3.23. The zero-order valence-electron chi connectivity index (χ0n) is 15.5. The summed E-state index contributed by atoms with van der Waals surface area (Å²) in [5, 5.41) is 2.29. The van der Waals surface area contributed by atoms with Gasteiger partial charge >= 0.3 is 0 Å². The maximum atomic E-state index is 5.89. The summed E-state index contributed by atoms with van der Waals surface area (Å²) in [6.07, 6.45) is 2.00. The quantitative estimate of drug-likeness (QED) is 0.558. The number of nitrogens with zero attached hydrogens (tertiary/aromatic N) is 3. The molecule has 0 aliphatic carbocycles. The zero-order chi connectivity index (χ0) is 17.8. The predicted molar refractivity (Wildman–Crippen MR) is 106 cm³/mol. The fraction of sp³-hybridized carbons (Fsp3) is 0.450. The lowest BCUT2D eigenvalue weighted by atomic mass is 10.2. The van der Waals surface area contributed by atoms with Gasteiger partial charge in [0.15, 0.2) is 0 Å². The second-order valence-corrected chi connectivity index (χ2v) is 7.22. The fourth-order valence-corrected chi connectivity index (χ4v) is 4.18. The van der Waals surface area contributed by atoms with Gasteiger partial charge in [0.25, 0.3) is 0 Å². The number of hydrogen-bond acceptors (Lipinski definition) is 4. The van der Waals surface area contributed by atoms with Crippen molar-refractivity contribution < 1.29 is 4.74 Å². The molecule has 5 heteroatoms. The van der Waals surface area contributed by atoms with Crippen LogP contribution >= 0.6 is 11.3 Å². The molecule has 1 aromatic carbocycles. The van der Waals surface area contributed by atoms with Crippen LogP contribution in [0.5, 0.6) is 0 Å². The molecule has 134 valence electrons. The molecule has 0 saturated heterocycles. The van der Waals surface area contributed by atoms with Crippen molar-refractivity contribution in [2.75, 3.05) is 19.7 Å². The minimum absolute atomic E-state index is 0.0185. The van der Waals surface area contributed by atoms with Crippen LogP contribution in [-0.4, -0.2) is 34.1 Å². The van der Waals surface area contributed by atoms with Gasteiger partial charge in [-0.1, -0.05) is 32.0 Å². The van der Waals surface area contributed by atoms with Gasteiger partial charge in [-0.3, -0.25) is 4.90 Å². The summed E-state index contributed by atoms with van der Waals surface area (Å²) >= 11 is 1.78. The van der Waals surface area contributed by atoms with Crippen molar-refractivity contribution in [1.29, 1.82) is 0 Å². The molecule has 25 heavy (non-hydrogen) atoms. The topological polar surface area (TPSA) is 30.3 Å². The highest BCUT2D eigenvalue weighted by atomic mass is 32.1. The van der Waals surface area contributed by atoms with Gasteiger partial charge in [0.2, 0.25) is 0 Å². The van der Waals surface area contributed by atoms with Gasteiger partial charge in [-0.2, -0.15) is 0 Å². The summed E-state index contributed by atoms with van der Waals surface area (Å²) in [6.45, 7) is 12.3. The van der Waals surface area contributed by atoms with Gasteiger partial charge in [-0.15, -0.1) is 11.3 Å². The third-order valence-corrected chi connectivity index (χ3v) is 5.57. The Morgan fingerprint density at radius 3 is 2.68 bits per heavy atom. The lowest BCUT2D eigenvalue weighted by molar-refractivity contribution is 0.0291. The Labute approximate surface area is 154 Å². The van der Waals surface area contributed by atoms with Crippen LogP contribution in [0.15, 0.2) is 36.5 Å².